The van der Waals surface area contributed by atoms with Crippen LogP contribution in [0, 0.1) is 5.82 Å². The van der Waals surface area contributed by atoms with Crippen molar-refractivity contribution in [1.29, 1.82) is 0 Å². The fraction of sp³-hybridized carbons (Fsp3) is 0.278. The van der Waals surface area contributed by atoms with E-state index in [1.54, 1.807) is 26.4 Å². The number of rotatable bonds is 7. The molecule has 2 aromatic rings. The summed E-state index contributed by atoms with van der Waals surface area (Å²) >= 11 is 5.99. The summed E-state index contributed by atoms with van der Waals surface area (Å²) in [6, 6.07) is 10.2. The van der Waals surface area contributed by atoms with Crippen LogP contribution in [0.4, 0.5) is 4.39 Å². The monoisotopic (exact) mass is 493 g/mol. The zero-order valence-corrected chi connectivity index (χ0v) is 17.7. The van der Waals surface area contributed by atoms with E-state index in [1.807, 2.05) is 18.2 Å². The summed E-state index contributed by atoms with van der Waals surface area (Å²) in [5.74, 6) is 1.25. The maximum atomic E-state index is 13.7. The Hall–Kier alpha value is -1.74. The van der Waals surface area contributed by atoms with E-state index in [4.69, 9.17) is 26.8 Å². The number of nitrogens with one attached hydrogen (secondary N) is 1. The molecule has 0 aliphatic carbocycles. The van der Waals surface area contributed by atoms with Gasteiger partial charge in [-0.05, 0) is 36.2 Å². The number of ether oxygens (including phenoxy) is 2. The van der Waals surface area contributed by atoms with Crippen molar-refractivity contribution >= 4 is 41.5 Å². The lowest BCUT2D eigenvalue weighted by Gasteiger charge is -2.10. The van der Waals surface area contributed by atoms with E-state index in [0.29, 0.717) is 41.6 Å². The van der Waals surface area contributed by atoms with Crippen molar-refractivity contribution in [3.8, 4) is 11.5 Å². The fourth-order valence-electron chi connectivity index (χ4n) is 2.30. The van der Waals surface area contributed by atoms with Crippen LogP contribution in [0.1, 0.15) is 11.1 Å². The SMILES string of the molecule is COc1ccc(CN=C(N)NCCc2c(F)cccc2Cl)cc1OC.I. The molecule has 2 aromatic carbocycles. The second-order valence-electron chi connectivity index (χ2n) is 5.27. The maximum absolute atomic E-state index is 13.7. The Labute approximate surface area is 174 Å². The first kappa shape index (κ1) is 22.3. The van der Waals surface area contributed by atoms with Gasteiger partial charge in [0.1, 0.15) is 5.82 Å². The quantitative estimate of drug-likeness (QED) is 0.350. The Morgan fingerprint density at radius 1 is 1.19 bits per heavy atom. The Morgan fingerprint density at radius 2 is 1.92 bits per heavy atom. The smallest absolute Gasteiger partial charge is 0.188 e. The number of hydrogen-bond donors (Lipinski definition) is 2. The number of halogens is 3. The van der Waals surface area contributed by atoms with Crippen molar-refractivity contribution in [2.75, 3.05) is 20.8 Å². The van der Waals surface area contributed by atoms with Crippen LogP contribution < -0.4 is 20.5 Å². The van der Waals surface area contributed by atoms with Gasteiger partial charge in [0, 0.05) is 17.1 Å². The highest BCUT2D eigenvalue weighted by atomic mass is 127. The molecule has 0 aromatic heterocycles. The fourth-order valence-corrected chi connectivity index (χ4v) is 2.56. The molecule has 0 aliphatic heterocycles. The van der Waals surface area contributed by atoms with Crippen molar-refractivity contribution < 1.29 is 13.9 Å². The van der Waals surface area contributed by atoms with Crippen LogP contribution in [0.25, 0.3) is 0 Å². The normalized spacial score (nSPS) is 10.8. The van der Waals surface area contributed by atoms with E-state index >= 15 is 0 Å². The van der Waals surface area contributed by atoms with E-state index in [0.717, 1.165) is 5.56 Å². The highest BCUT2D eigenvalue weighted by Crippen LogP contribution is 2.27. The average Bonchev–Trinajstić information content (AvgIpc) is 2.62. The lowest BCUT2D eigenvalue weighted by atomic mass is 10.1. The zero-order chi connectivity index (χ0) is 18.2. The summed E-state index contributed by atoms with van der Waals surface area (Å²) in [5, 5.41) is 3.36. The number of guanidine groups is 1. The van der Waals surface area contributed by atoms with Crippen LogP contribution in [-0.4, -0.2) is 26.7 Å². The lowest BCUT2D eigenvalue weighted by molar-refractivity contribution is 0.354. The van der Waals surface area contributed by atoms with Gasteiger partial charge in [-0.25, -0.2) is 9.38 Å². The van der Waals surface area contributed by atoms with Gasteiger partial charge in [0.2, 0.25) is 0 Å². The molecule has 0 radical (unpaired) electrons. The molecule has 5 nitrogen and oxygen atoms in total. The Kier molecular flexibility index (Phi) is 9.50. The number of benzene rings is 2. The predicted molar refractivity (Wildman–Crippen MR) is 113 cm³/mol. The van der Waals surface area contributed by atoms with Gasteiger partial charge in [0.05, 0.1) is 20.8 Å². The minimum Gasteiger partial charge on any atom is -0.493 e. The second kappa shape index (κ2) is 11.1. The second-order valence-corrected chi connectivity index (χ2v) is 5.67. The van der Waals surface area contributed by atoms with Crippen molar-refractivity contribution in [3.05, 3.63) is 58.4 Å². The van der Waals surface area contributed by atoms with Crippen LogP contribution in [0.2, 0.25) is 5.02 Å². The van der Waals surface area contributed by atoms with Gasteiger partial charge in [-0.3, -0.25) is 0 Å². The lowest BCUT2D eigenvalue weighted by Crippen LogP contribution is -2.33. The Morgan fingerprint density at radius 3 is 2.58 bits per heavy atom. The van der Waals surface area contributed by atoms with Crippen LogP contribution in [0.15, 0.2) is 41.4 Å². The van der Waals surface area contributed by atoms with E-state index in [9.17, 15) is 4.39 Å². The van der Waals surface area contributed by atoms with Crippen LogP contribution in [0.3, 0.4) is 0 Å². The molecule has 0 amide bonds. The molecule has 0 bridgehead atoms. The van der Waals surface area contributed by atoms with E-state index in [1.165, 1.54) is 6.07 Å². The Balaban J connectivity index is 0.00000338. The molecule has 0 aliphatic rings. The van der Waals surface area contributed by atoms with Crippen molar-refractivity contribution in [2.24, 2.45) is 10.7 Å². The highest BCUT2D eigenvalue weighted by Gasteiger charge is 2.07. The first-order valence-electron chi connectivity index (χ1n) is 7.72. The van der Waals surface area contributed by atoms with Gasteiger partial charge in [-0.1, -0.05) is 23.7 Å². The average molecular weight is 494 g/mol. The van der Waals surface area contributed by atoms with Gasteiger partial charge < -0.3 is 20.5 Å². The third-order valence-electron chi connectivity index (χ3n) is 3.62. The summed E-state index contributed by atoms with van der Waals surface area (Å²) in [5.41, 5.74) is 7.24. The van der Waals surface area contributed by atoms with Crippen molar-refractivity contribution in [1.82, 2.24) is 5.32 Å². The summed E-state index contributed by atoms with van der Waals surface area (Å²) in [6.45, 7) is 0.821. The molecule has 8 heteroatoms. The predicted octanol–water partition coefficient (Wildman–Crippen LogP) is 3.76. The molecule has 0 fully saturated rings. The first-order valence-corrected chi connectivity index (χ1v) is 8.10. The number of nitrogens with zero attached hydrogens (tertiary/aromatic N) is 1. The molecule has 0 unspecified atom stereocenters. The topological polar surface area (TPSA) is 68.9 Å². The van der Waals surface area contributed by atoms with Gasteiger partial charge >= 0.3 is 0 Å². The summed E-state index contributed by atoms with van der Waals surface area (Å²) in [4.78, 5) is 4.26. The van der Waals surface area contributed by atoms with Crippen molar-refractivity contribution in [2.45, 2.75) is 13.0 Å². The number of aliphatic imine (C=N–C) groups is 1. The zero-order valence-electron chi connectivity index (χ0n) is 14.6. The molecule has 3 N–H and O–H groups in total. The molecule has 2 rings (SSSR count). The standard InChI is InChI=1S/C18H21ClFN3O2.HI/c1-24-16-7-6-12(10-17(16)25-2)11-23-18(21)22-9-8-13-14(19)4-3-5-15(13)20;/h3-7,10H,8-9,11H2,1-2H3,(H3,21,22,23);1H. The summed E-state index contributed by atoms with van der Waals surface area (Å²) in [7, 11) is 3.16. The van der Waals surface area contributed by atoms with Gasteiger partial charge in [0.25, 0.3) is 0 Å². The molecule has 0 atom stereocenters. The molecule has 26 heavy (non-hydrogen) atoms. The minimum absolute atomic E-state index is 0. The summed E-state index contributed by atoms with van der Waals surface area (Å²) in [6.07, 6.45) is 0.415. The van der Waals surface area contributed by atoms with Crippen LogP contribution in [0.5, 0.6) is 11.5 Å². The number of hydrogen-bond acceptors (Lipinski definition) is 3. The molecule has 0 saturated carbocycles. The summed E-state index contributed by atoms with van der Waals surface area (Å²) < 4.78 is 24.1. The highest BCUT2D eigenvalue weighted by molar-refractivity contribution is 14.0. The molecule has 0 saturated heterocycles. The third-order valence-corrected chi connectivity index (χ3v) is 3.98. The van der Waals surface area contributed by atoms with Gasteiger partial charge in [-0.2, -0.15) is 0 Å². The molecule has 142 valence electrons. The molecule has 0 spiro atoms. The first-order chi connectivity index (χ1) is 12.0. The number of nitrogens with two attached hydrogens (primary N) is 1. The van der Waals surface area contributed by atoms with E-state index in [2.05, 4.69) is 10.3 Å². The molecule has 0 heterocycles. The van der Waals surface area contributed by atoms with Crippen molar-refractivity contribution in [3.63, 3.8) is 0 Å². The van der Waals surface area contributed by atoms with Crippen LogP contribution in [-0.2, 0) is 13.0 Å². The number of methoxy groups -OCH3 is 2. The van der Waals surface area contributed by atoms with Gasteiger partial charge in [-0.15, -0.1) is 24.0 Å². The third kappa shape index (κ3) is 6.21. The van der Waals surface area contributed by atoms with Gasteiger partial charge in [0.15, 0.2) is 17.5 Å². The van der Waals surface area contributed by atoms with E-state index in [-0.39, 0.29) is 35.8 Å². The molecular formula is C18H22ClFIN3O2. The van der Waals surface area contributed by atoms with E-state index < -0.39 is 0 Å². The maximum Gasteiger partial charge on any atom is 0.188 e. The minimum atomic E-state index is -0.324. The Bertz CT molecular complexity index is 739. The largest absolute Gasteiger partial charge is 0.493 e. The van der Waals surface area contributed by atoms with Crippen LogP contribution >= 0.6 is 35.6 Å². The molecular weight excluding hydrogens is 472 g/mol.